The number of hydrogen-bond acceptors (Lipinski definition) is 5. The molecule has 2 aromatic rings. The molecule has 0 saturated heterocycles. The predicted molar refractivity (Wildman–Crippen MR) is 85.6 cm³/mol. The summed E-state index contributed by atoms with van der Waals surface area (Å²) in [6.45, 7) is 1.18. The summed E-state index contributed by atoms with van der Waals surface area (Å²) in [5.74, 6) is -1.25. The molecule has 0 atom stereocenters. The van der Waals surface area contributed by atoms with Gasteiger partial charge in [0.05, 0.1) is 11.0 Å². The summed E-state index contributed by atoms with van der Waals surface area (Å²) >= 11 is 0. The number of pyridine rings is 1. The zero-order valence-electron chi connectivity index (χ0n) is 12.9. The molecule has 24 heavy (non-hydrogen) atoms. The summed E-state index contributed by atoms with van der Waals surface area (Å²) in [5.41, 5.74) is 0.886. The van der Waals surface area contributed by atoms with Crippen LogP contribution in [0.25, 0.3) is 0 Å². The van der Waals surface area contributed by atoms with Gasteiger partial charge in [-0.1, -0.05) is 23.8 Å². The molecule has 0 aliphatic carbocycles. The lowest BCUT2D eigenvalue weighted by Gasteiger charge is -2.20. The SMILES string of the molecule is Cc1ccc(S(=O)(=O)N(CC#N)Cc2cccnc2C(=O)O)cc1. The van der Waals surface area contributed by atoms with E-state index in [9.17, 15) is 13.2 Å². The number of aromatic carboxylic acids is 1. The summed E-state index contributed by atoms with van der Waals surface area (Å²) < 4.78 is 26.4. The van der Waals surface area contributed by atoms with Crippen molar-refractivity contribution in [1.82, 2.24) is 9.29 Å². The van der Waals surface area contributed by atoms with Gasteiger partial charge < -0.3 is 5.11 Å². The van der Waals surface area contributed by atoms with Gasteiger partial charge in [-0.3, -0.25) is 0 Å². The number of sulfonamides is 1. The third-order valence-corrected chi connectivity index (χ3v) is 5.15. The van der Waals surface area contributed by atoms with Crippen LogP contribution in [0.3, 0.4) is 0 Å². The number of nitriles is 1. The average molecular weight is 345 g/mol. The monoisotopic (exact) mass is 345 g/mol. The second-order valence-corrected chi connectivity index (χ2v) is 7.00. The quantitative estimate of drug-likeness (QED) is 0.799. The van der Waals surface area contributed by atoms with E-state index < -0.39 is 22.5 Å². The molecule has 1 aromatic carbocycles. The Bertz CT molecular complexity index is 886. The lowest BCUT2D eigenvalue weighted by molar-refractivity contribution is 0.0688. The summed E-state index contributed by atoms with van der Waals surface area (Å²) in [6, 6.07) is 11.0. The lowest BCUT2D eigenvalue weighted by Crippen LogP contribution is -2.31. The molecular formula is C16H15N3O4S. The molecule has 2 rings (SSSR count). The van der Waals surface area contributed by atoms with Crippen molar-refractivity contribution in [1.29, 1.82) is 5.26 Å². The summed E-state index contributed by atoms with van der Waals surface area (Å²) in [7, 11) is -3.93. The van der Waals surface area contributed by atoms with E-state index in [-0.39, 0.29) is 22.7 Å². The number of aryl methyl sites for hydroxylation is 1. The van der Waals surface area contributed by atoms with Gasteiger partial charge in [-0.15, -0.1) is 0 Å². The Morgan fingerprint density at radius 3 is 2.54 bits per heavy atom. The molecule has 0 bridgehead atoms. The third-order valence-electron chi connectivity index (χ3n) is 3.35. The van der Waals surface area contributed by atoms with Gasteiger partial charge in [0.25, 0.3) is 0 Å². The normalized spacial score (nSPS) is 11.2. The van der Waals surface area contributed by atoms with Gasteiger partial charge in [0, 0.05) is 18.3 Å². The zero-order chi connectivity index (χ0) is 17.7. The molecule has 0 aliphatic rings. The van der Waals surface area contributed by atoms with E-state index in [2.05, 4.69) is 4.98 Å². The first-order chi connectivity index (χ1) is 11.4. The van der Waals surface area contributed by atoms with Crippen LogP contribution in [0.2, 0.25) is 0 Å². The van der Waals surface area contributed by atoms with Crippen molar-refractivity contribution >= 4 is 16.0 Å². The van der Waals surface area contributed by atoms with E-state index in [0.717, 1.165) is 9.87 Å². The van der Waals surface area contributed by atoms with Crippen LogP contribution in [0.4, 0.5) is 0 Å². The zero-order valence-corrected chi connectivity index (χ0v) is 13.7. The van der Waals surface area contributed by atoms with E-state index in [1.54, 1.807) is 18.2 Å². The summed E-state index contributed by atoms with van der Waals surface area (Å²) in [5, 5.41) is 18.1. The topological polar surface area (TPSA) is 111 Å². The second kappa shape index (κ2) is 7.21. The van der Waals surface area contributed by atoms with Gasteiger partial charge >= 0.3 is 5.97 Å². The van der Waals surface area contributed by atoms with Crippen LogP contribution in [0.15, 0.2) is 47.5 Å². The Hall–Kier alpha value is -2.76. The van der Waals surface area contributed by atoms with Gasteiger partial charge in [-0.2, -0.15) is 9.57 Å². The van der Waals surface area contributed by atoms with Crippen molar-refractivity contribution in [2.75, 3.05) is 6.54 Å². The summed E-state index contributed by atoms with van der Waals surface area (Å²) in [4.78, 5) is 15.0. The lowest BCUT2D eigenvalue weighted by atomic mass is 10.2. The number of aromatic nitrogens is 1. The molecule has 0 aliphatic heterocycles. The Morgan fingerprint density at radius 1 is 1.29 bits per heavy atom. The van der Waals surface area contributed by atoms with Crippen molar-refractivity contribution in [2.45, 2.75) is 18.4 Å². The first kappa shape index (κ1) is 17.6. The first-order valence-electron chi connectivity index (χ1n) is 6.97. The Kier molecular flexibility index (Phi) is 5.28. The maximum Gasteiger partial charge on any atom is 0.354 e. The standard InChI is InChI=1S/C16H15N3O4S/c1-12-4-6-14(7-5-12)24(22,23)19(10-8-17)11-13-3-2-9-18-15(13)16(20)21/h2-7,9H,10-11H2,1H3,(H,20,21). The molecule has 0 fully saturated rings. The smallest absolute Gasteiger partial charge is 0.354 e. The highest BCUT2D eigenvalue weighted by Crippen LogP contribution is 2.19. The number of benzene rings is 1. The van der Waals surface area contributed by atoms with Crippen LogP contribution in [0, 0.1) is 18.3 Å². The Balaban J connectivity index is 2.42. The summed E-state index contributed by atoms with van der Waals surface area (Å²) in [6.07, 6.45) is 1.32. The van der Waals surface area contributed by atoms with Crippen LogP contribution in [-0.2, 0) is 16.6 Å². The average Bonchev–Trinajstić information content (AvgIpc) is 2.55. The molecule has 7 nitrogen and oxygen atoms in total. The molecule has 0 amide bonds. The molecule has 0 unspecified atom stereocenters. The molecule has 1 aromatic heterocycles. The van der Waals surface area contributed by atoms with Crippen molar-refractivity contribution in [3.8, 4) is 6.07 Å². The van der Waals surface area contributed by atoms with Crippen LogP contribution in [0.1, 0.15) is 21.6 Å². The van der Waals surface area contributed by atoms with E-state index >= 15 is 0 Å². The van der Waals surface area contributed by atoms with Crippen molar-refractivity contribution in [3.05, 3.63) is 59.4 Å². The van der Waals surface area contributed by atoms with Gasteiger partial charge in [0.15, 0.2) is 5.69 Å². The fourth-order valence-corrected chi connectivity index (χ4v) is 3.43. The maximum absolute atomic E-state index is 12.7. The van der Waals surface area contributed by atoms with E-state index in [1.165, 1.54) is 30.5 Å². The highest BCUT2D eigenvalue weighted by Gasteiger charge is 2.26. The predicted octanol–water partition coefficient (Wildman–Crippen LogP) is 1.80. The van der Waals surface area contributed by atoms with Gasteiger partial charge in [0.2, 0.25) is 10.0 Å². The molecule has 1 heterocycles. The van der Waals surface area contributed by atoms with Gasteiger partial charge in [-0.25, -0.2) is 18.2 Å². The Labute approximate surface area is 139 Å². The minimum Gasteiger partial charge on any atom is -0.477 e. The van der Waals surface area contributed by atoms with Crippen molar-refractivity contribution in [3.63, 3.8) is 0 Å². The first-order valence-corrected chi connectivity index (χ1v) is 8.41. The fourth-order valence-electron chi connectivity index (χ4n) is 2.11. The number of rotatable bonds is 6. The number of carboxylic acid groups (broad SMARTS) is 1. The largest absolute Gasteiger partial charge is 0.477 e. The van der Waals surface area contributed by atoms with Gasteiger partial charge in [-0.05, 0) is 25.1 Å². The Morgan fingerprint density at radius 2 is 1.96 bits per heavy atom. The molecular weight excluding hydrogens is 330 g/mol. The maximum atomic E-state index is 12.7. The second-order valence-electron chi connectivity index (χ2n) is 5.06. The molecule has 8 heteroatoms. The highest BCUT2D eigenvalue weighted by atomic mass is 32.2. The molecule has 0 radical (unpaired) electrons. The number of nitrogens with zero attached hydrogens (tertiary/aromatic N) is 3. The molecule has 124 valence electrons. The third kappa shape index (κ3) is 3.76. The number of hydrogen-bond donors (Lipinski definition) is 1. The highest BCUT2D eigenvalue weighted by molar-refractivity contribution is 7.89. The minimum absolute atomic E-state index is 0.0455. The van der Waals surface area contributed by atoms with Crippen LogP contribution in [-0.4, -0.2) is 35.3 Å². The van der Waals surface area contributed by atoms with Crippen LogP contribution in [0.5, 0.6) is 0 Å². The van der Waals surface area contributed by atoms with E-state index in [1.807, 2.05) is 6.92 Å². The molecule has 1 N–H and O–H groups in total. The van der Waals surface area contributed by atoms with Crippen LogP contribution >= 0.6 is 0 Å². The van der Waals surface area contributed by atoms with Gasteiger partial charge in [0.1, 0.15) is 6.54 Å². The van der Waals surface area contributed by atoms with Crippen LogP contribution < -0.4 is 0 Å². The van der Waals surface area contributed by atoms with E-state index in [0.29, 0.717) is 0 Å². The van der Waals surface area contributed by atoms with E-state index in [4.69, 9.17) is 10.4 Å². The number of carbonyl (C=O) groups is 1. The van der Waals surface area contributed by atoms with Crippen molar-refractivity contribution in [2.24, 2.45) is 0 Å². The molecule has 0 saturated carbocycles. The fraction of sp³-hybridized carbons (Fsp3) is 0.188. The minimum atomic E-state index is -3.93. The molecule has 0 spiro atoms. The van der Waals surface area contributed by atoms with Crippen molar-refractivity contribution < 1.29 is 18.3 Å². The number of carboxylic acids is 1.